The van der Waals surface area contributed by atoms with Gasteiger partial charge in [0.15, 0.2) is 0 Å². The molecule has 2 aliphatic rings. The molecule has 1 unspecified atom stereocenters. The molecule has 1 aromatic carbocycles. The number of ether oxygens (including phenoxy) is 2. The van der Waals surface area contributed by atoms with E-state index < -0.39 is 0 Å². The number of amides is 1. The molecule has 24 heavy (non-hydrogen) atoms. The van der Waals surface area contributed by atoms with Crippen LogP contribution in [0, 0.1) is 0 Å². The average Bonchev–Trinajstić information content (AvgIpc) is 3.28. The number of fused-ring (bicyclic) bond motifs is 1. The van der Waals surface area contributed by atoms with Gasteiger partial charge in [-0.05, 0) is 43.5 Å². The molecule has 2 fully saturated rings. The lowest BCUT2D eigenvalue weighted by Gasteiger charge is -2.21. The van der Waals surface area contributed by atoms with Gasteiger partial charge in [0.2, 0.25) is 0 Å². The van der Waals surface area contributed by atoms with E-state index in [4.69, 9.17) is 9.47 Å². The van der Waals surface area contributed by atoms with Gasteiger partial charge >= 0.3 is 0 Å². The van der Waals surface area contributed by atoms with Crippen LogP contribution in [-0.2, 0) is 11.8 Å². The minimum Gasteiger partial charge on any atom is -0.497 e. The number of benzene rings is 1. The maximum atomic E-state index is 12.7. The molecule has 1 N–H and O–H groups in total. The highest BCUT2D eigenvalue weighted by atomic mass is 16.5. The molecule has 1 aliphatic heterocycles. The molecule has 1 saturated carbocycles. The molecule has 1 saturated heterocycles. The predicted molar refractivity (Wildman–Crippen MR) is 92.5 cm³/mol. The maximum absolute atomic E-state index is 12.7. The Labute approximate surface area is 141 Å². The zero-order valence-corrected chi connectivity index (χ0v) is 14.3. The summed E-state index contributed by atoms with van der Waals surface area (Å²) in [6.45, 7) is 0.628. The van der Waals surface area contributed by atoms with Crippen LogP contribution in [0.3, 0.4) is 0 Å². The second kappa shape index (κ2) is 5.81. The van der Waals surface area contributed by atoms with Crippen molar-refractivity contribution in [3.05, 3.63) is 30.0 Å². The van der Waals surface area contributed by atoms with E-state index in [0.717, 1.165) is 35.9 Å². The highest BCUT2D eigenvalue weighted by molar-refractivity contribution is 5.99. The van der Waals surface area contributed by atoms with Gasteiger partial charge in [-0.15, -0.1) is 0 Å². The van der Waals surface area contributed by atoms with Crippen LogP contribution in [0.5, 0.6) is 5.75 Å². The predicted octanol–water partition coefficient (Wildman–Crippen LogP) is 3.02. The van der Waals surface area contributed by atoms with E-state index >= 15 is 0 Å². The molecule has 1 aliphatic carbocycles. The van der Waals surface area contributed by atoms with Gasteiger partial charge in [0.05, 0.1) is 25.4 Å². The van der Waals surface area contributed by atoms with Crippen LogP contribution < -0.4 is 10.1 Å². The van der Waals surface area contributed by atoms with Crippen LogP contribution in [-0.4, -0.2) is 35.8 Å². The number of hydrogen-bond acceptors (Lipinski definition) is 3. The van der Waals surface area contributed by atoms with E-state index in [0.29, 0.717) is 12.3 Å². The summed E-state index contributed by atoms with van der Waals surface area (Å²) in [4.78, 5) is 12.7. The highest BCUT2D eigenvalue weighted by Gasteiger charge is 2.42. The number of hydrogen-bond donors (Lipinski definition) is 1. The SMILES string of the molecule is COc1ccc2c(c1)cc(C(=O)NC1COC3(CCCC3)C1)n2C. The standard InChI is InChI=1S/C19H24N2O3/c1-21-16-6-5-15(23-2)9-13(16)10-17(21)18(22)20-14-11-19(24-12-14)7-3-4-8-19/h5-6,9-10,14H,3-4,7-8,11-12H2,1-2H3,(H,20,22). The van der Waals surface area contributed by atoms with Crippen molar-refractivity contribution >= 4 is 16.8 Å². The van der Waals surface area contributed by atoms with E-state index in [1.165, 1.54) is 12.8 Å². The summed E-state index contributed by atoms with van der Waals surface area (Å²) in [7, 11) is 3.57. The smallest absolute Gasteiger partial charge is 0.268 e. The summed E-state index contributed by atoms with van der Waals surface area (Å²) in [5, 5.41) is 4.17. The van der Waals surface area contributed by atoms with Crippen molar-refractivity contribution < 1.29 is 14.3 Å². The molecule has 1 amide bonds. The molecule has 0 bridgehead atoms. The van der Waals surface area contributed by atoms with Crippen LogP contribution in [0.1, 0.15) is 42.6 Å². The molecular weight excluding hydrogens is 304 g/mol. The summed E-state index contributed by atoms with van der Waals surface area (Å²) in [6.07, 6.45) is 5.69. The van der Waals surface area contributed by atoms with Gasteiger partial charge in [-0.25, -0.2) is 0 Å². The lowest BCUT2D eigenvalue weighted by atomic mass is 9.96. The summed E-state index contributed by atoms with van der Waals surface area (Å²) in [5.74, 6) is 0.767. The summed E-state index contributed by atoms with van der Waals surface area (Å²) in [6, 6.07) is 7.89. The molecule has 2 aromatic rings. The largest absolute Gasteiger partial charge is 0.497 e. The molecule has 1 spiro atoms. The van der Waals surface area contributed by atoms with Crippen LogP contribution >= 0.6 is 0 Å². The van der Waals surface area contributed by atoms with Crippen molar-refractivity contribution in [2.75, 3.05) is 13.7 Å². The van der Waals surface area contributed by atoms with Gasteiger partial charge < -0.3 is 19.4 Å². The van der Waals surface area contributed by atoms with Crippen LogP contribution in [0.4, 0.5) is 0 Å². The Hall–Kier alpha value is -2.01. The van der Waals surface area contributed by atoms with Gasteiger partial charge in [-0.3, -0.25) is 4.79 Å². The Morgan fingerprint density at radius 3 is 2.88 bits per heavy atom. The number of aromatic nitrogens is 1. The number of nitrogens with zero attached hydrogens (tertiary/aromatic N) is 1. The average molecular weight is 328 g/mol. The topological polar surface area (TPSA) is 52.5 Å². The fraction of sp³-hybridized carbons (Fsp3) is 0.526. The molecule has 128 valence electrons. The Bertz CT molecular complexity index is 774. The quantitative estimate of drug-likeness (QED) is 0.942. The molecule has 5 nitrogen and oxygen atoms in total. The van der Waals surface area contributed by atoms with E-state index in [-0.39, 0.29) is 17.6 Å². The Morgan fingerprint density at radius 2 is 2.12 bits per heavy atom. The fourth-order valence-electron chi connectivity index (χ4n) is 4.24. The van der Waals surface area contributed by atoms with E-state index in [9.17, 15) is 4.79 Å². The normalized spacial score (nSPS) is 22.3. The molecule has 1 atom stereocenters. The first-order valence-corrected chi connectivity index (χ1v) is 8.68. The zero-order valence-electron chi connectivity index (χ0n) is 14.3. The van der Waals surface area contributed by atoms with Gasteiger partial charge in [0, 0.05) is 18.0 Å². The number of carbonyl (C=O) groups is 1. The number of aryl methyl sites for hydroxylation is 1. The van der Waals surface area contributed by atoms with Crippen LogP contribution in [0.15, 0.2) is 24.3 Å². The van der Waals surface area contributed by atoms with Crippen molar-refractivity contribution in [1.29, 1.82) is 0 Å². The summed E-state index contributed by atoms with van der Waals surface area (Å²) >= 11 is 0. The third-order valence-electron chi connectivity index (χ3n) is 5.54. The Morgan fingerprint density at radius 1 is 1.33 bits per heavy atom. The van der Waals surface area contributed by atoms with Crippen molar-refractivity contribution in [3.63, 3.8) is 0 Å². The van der Waals surface area contributed by atoms with E-state index in [1.807, 2.05) is 35.9 Å². The summed E-state index contributed by atoms with van der Waals surface area (Å²) in [5.41, 5.74) is 1.73. The van der Waals surface area contributed by atoms with Crippen molar-refractivity contribution in [1.82, 2.24) is 9.88 Å². The second-order valence-corrected chi connectivity index (χ2v) is 7.09. The molecule has 1 aromatic heterocycles. The van der Waals surface area contributed by atoms with Crippen molar-refractivity contribution in [2.45, 2.75) is 43.7 Å². The van der Waals surface area contributed by atoms with Crippen molar-refractivity contribution in [2.24, 2.45) is 7.05 Å². The molecule has 0 radical (unpaired) electrons. The minimum absolute atomic E-state index is 0.0312. The minimum atomic E-state index is -0.0312. The Balaban J connectivity index is 1.52. The van der Waals surface area contributed by atoms with Gasteiger partial charge in [0.1, 0.15) is 11.4 Å². The second-order valence-electron chi connectivity index (χ2n) is 7.09. The van der Waals surface area contributed by atoms with Crippen LogP contribution in [0.25, 0.3) is 10.9 Å². The Kier molecular flexibility index (Phi) is 3.76. The van der Waals surface area contributed by atoms with Crippen molar-refractivity contribution in [3.8, 4) is 5.75 Å². The molecule has 2 heterocycles. The summed E-state index contributed by atoms with van der Waals surface area (Å²) < 4.78 is 13.2. The third-order valence-corrected chi connectivity index (χ3v) is 5.54. The van der Waals surface area contributed by atoms with Gasteiger partial charge in [0.25, 0.3) is 5.91 Å². The highest BCUT2D eigenvalue weighted by Crippen LogP contribution is 2.40. The lowest BCUT2D eigenvalue weighted by Crippen LogP contribution is -2.37. The lowest BCUT2D eigenvalue weighted by molar-refractivity contribution is 0.00987. The number of nitrogens with one attached hydrogen (secondary N) is 1. The molecule has 5 heteroatoms. The number of methoxy groups -OCH3 is 1. The van der Waals surface area contributed by atoms with Crippen LogP contribution in [0.2, 0.25) is 0 Å². The number of carbonyl (C=O) groups excluding carboxylic acids is 1. The molecular formula is C19H24N2O3. The first kappa shape index (κ1) is 15.5. The van der Waals surface area contributed by atoms with E-state index in [2.05, 4.69) is 5.32 Å². The number of rotatable bonds is 3. The molecule has 4 rings (SSSR count). The first-order chi connectivity index (χ1) is 11.6. The van der Waals surface area contributed by atoms with Gasteiger partial charge in [-0.1, -0.05) is 12.8 Å². The first-order valence-electron chi connectivity index (χ1n) is 8.68. The zero-order chi connectivity index (χ0) is 16.7. The fourth-order valence-corrected chi connectivity index (χ4v) is 4.24. The van der Waals surface area contributed by atoms with Gasteiger partial charge in [-0.2, -0.15) is 0 Å². The van der Waals surface area contributed by atoms with E-state index in [1.54, 1.807) is 7.11 Å². The maximum Gasteiger partial charge on any atom is 0.268 e. The monoisotopic (exact) mass is 328 g/mol. The third kappa shape index (κ3) is 2.57.